The number of nitrogens with zero attached hydrogens (tertiary/aromatic N) is 5. The molecule has 3 heterocycles. The Morgan fingerprint density at radius 2 is 1.75 bits per heavy atom. The van der Waals surface area contributed by atoms with Crippen LogP contribution in [-0.2, 0) is 9.53 Å². The van der Waals surface area contributed by atoms with E-state index in [9.17, 15) is 14.7 Å². The number of H-pyrrole nitrogens is 1. The van der Waals surface area contributed by atoms with Crippen molar-refractivity contribution in [3.63, 3.8) is 0 Å². The van der Waals surface area contributed by atoms with E-state index in [-0.39, 0.29) is 17.4 Å². The first-order valence-electron chi connectivity index (χ1n) is 13.0. The molecule has 2 aromatic carbocycles. The third-order valence-corrected chi connectivity index (χ3v) is 7.13. The van der Waals surface area contributed by atoms with Gasteiger partial charge < -0.3 is 24.6 Å². The van der Waals surface area contributed by atoms with Crippen molar-refractivity contribution in [1.82, 2.24) is 19.8 Å². The Bertz CT molecular complexity index is 1540. The first kappa shape index (κ1) is 27.0. The number of anilines is 1. The van der Waals surface area contributed by atoms with Crippen molar-refractivity contribution in [1.29, 1.82) is 0 Å². The molecule has 0 unspecified atom stereocenters. The third kappa shape index (κ3) is 5.73. The summed E-state index contributed by atoms with van der Waals surface area (Å²) in [5, 5.41) is 10.9. The Kier molecular flexibility index (Phi) is 7.90. The van der Waals surface area contributed by atoms with E-state index < -0.39 is 5.97 Å². The third-order valence-electron chi connectivity index (χ3n) is 7.13. The summed E-state index contributed by atoms with van der Waals surface area (Å²) in [6.45, 7) is 4.06. The number of nitrogens with one attached hydrogen (secondary N) is 1. The van der Waals surface area contributed by atoms with E-state index in [1.807, 2.05) is 54.6 Å². The molecule has 0 radical (unpaired) electrons. The first-order chi connectivity index (χ1) is 19.3. The van der Waals surface area contributed by atoms with Crippen molar-refractivity contribution < 1.29 is 19.4 Å². The lowest BCUT2D eigenvalue weighted by Gasteiger charge is -2.32. The Morgan fingerprint density at radius 1 is 1.05 bits per heavy atom. The molecule has 40 heavy (non-hydrogen) atoms. The molecule has 2 aromatic heterocycles. The highest BCUT2D eigenvalue weighted by Gasteiger charge is 2.22. The molecule has 5 rings (SSSR count). The lowest BCUT2D eigenvalue weighted by atomic mass is 10.0. The van der Waals surface area contributed by atoms with E-state index in [0.29, 0.717) is 34.5 Å². The number of piperazine rings is 1. The van der Waals surface area contributed by atoms with E-state index in [1.54, 1.807) is 18.0 Å². The van der Waals surface area contributed by atoms with Crippen molar-refractivity contribution >= 4 is 40.0 Å². The number of hydrogen-bond acceptors (Lipinski definition) is 8. The predicted molar refractivity (Wildman–Crippen MR) is 155 cm³/mol. The molecule has 206 valence electrons. The van der Waals surface area contributed by atoms with E-state index in [4.69, 9.17) is 9.73 Å². The van der Waals surface area contributed by atoms with Gasteiger partial charge in [0.05, 0.1) is 41.7 Å². The molecule has 1 aliphatic heterocycles. The summed E-state index contributed by atoms with van der Waals surface area (Å²) in [6, 6.07) is 18.5. The minimum Gasteiger partial charge on any atom is -0.494 e. The Labute approximate surface area is 232 Å². The number of pyridine rings is 1. The number of amides is 1. The summed E-state index contributed by atoms with van der Waals surface area (Å²) in [5.41, 5.74) is 4.34. The number of methoxy groups -OCH3 is 1. The van der Waals surface area contributed by atoms with Crippen LogP contribution in [0, 0.1) is 0 Å². The summed E-state index contributed by atoms with van der Waals surface area (Å²) in [7, 11) is 5.18. The minimum atomic E-state index is -0.519. The summed E-state index contributed by atoms with van der Waals surface area (Å²) >= 11 is 0. The number of carbonyl (C=O) groups is 2. The van der Waals surface area contributed by atoms with Crippen molar-refractivity contribution in [3.05, 3.63) is 83.6 Å². The number of hydrogen-bond donors (Lipinski definition) is 2. The fourth-order valence-corrected chi connectivity index (χ4v) is 4.70. The van der Waals surface area contributed by atoms with Crippen molar-refractivity contribution in [2.24, 2.45) is 4.99 Å². The highest BCUT2D eigenvalue weighted by Crippen LogP contribution is 2.31. The number of aromatic hydroxyl groups is 1. The van der Waals surface area contributed by atoms with Crippen LogP contribution in [0.1, 0.15) is 21.5 Å². The lowest BCUT2D eigenvalue weighted by Crippen LogP contribution is -2.48. The van der Waals surface area contributed by atoms with E-state index in [2.05, 4.69) is 26.8 Å². The normalized spacial score (nSPS) is 14.8. The molecule has 1 saturated heterocycles. The van der Waals surface area contributed by atoms with Gasteiger partial charge in [0.15, 0.2) is 0 Å². The van der Waals surface area contributed by atoms with Crippen molar-refractivity contribution in [2.75, 3.05) is 58.8 Å². The number of aromatic amines is 1. The second-order valence-corrected chi connectivity index (χ2v) is 9.84. The molecule has 0 bridgehead atoms. The Balaban J connectivity index is 1.44. The van der Waals surface area contributed by atoms with Gasteiger partial charge in [-0.15, -0.1) is 0 Å². The summed E-state index contributed by atoms with van der Waals surface area (Å²) in [4.78, 5) is 43.3. The maximum atomic E-state index is 12.9. The van der Waals surface area contributed by atoms with Crippen molar-refractivity contribution in [2.45, 2.75) is 0 Å². The number of carbonyl (C=O) groups excluding carboxylic acids is 2. The molecule has 0 atom stereocenters. The largest absolute Gasteiger partial charge is 0.494 e. The molecule has 10 nitrogen and oxygen atoms in total. The average Bonchev–Trinajstić information content (AvgIpc) is 3.31. The Hall–Kier alpha value is -4.54. The minimum absolute atomic E-state index is 0.0342. The monoisotopic (exact) mass is 540 g/mol. The van der Waals surface area contributed by atoms with Crippen LogP contribution in [0.5, 0.6) is 5.88 Å². The smallest absolute Gasteiger partial charge is 0.339 e. The SMILES string of the molecule is COC(=O)c1cnc2c(C(=Nc3ccc(N(C)C(=O)CN4CCN(C)CC4)cc3)c3ccccc3)c(O)[nH]c2c1. The second-order valence-electron chi connectivity index (χ2n) is 9.84. The number of fused-ring (bicyclic) bond motifs is 1. The van der Waals surface area contributed by atoms with Gasteiger partial charge >= 0.3 is 5.97 Å². The van der Waals surface area contributed by atoms with Crippen LogP contribution in [0.3, 0.4) is 0 Å². The van der Waals surface area contributed by atoms with Gasteiger partial charge in [0.25, 0.3) is 0 Å². The van der Waals surface area contributed by atoms with Gasteiger partial charge in [0.2, 0.25) is 11.8 Å². The second kappa shape index (κ2) is 11.7. The zero-order valence-electron chi connectivity index (χ0n) is 22.8. The molecule has 1 amide bonds. The summed E-state index contributed by atoms with van der Waals surface area (Å²) in [6.07, 6.45) is 1.41. The van der Waals surface area contributed by atoms with Gasteiger partial charge in [-0.25, -0.2) is 9.79 Å². The Morgan fingerprint density at radius 3 is 2.42 bits per heavy atom. The molecule has 10 heteroatoms. The molecule has 1 aliphatic rings. The number of aliphatic imine (C=N–C) groups is 1. The molecule has 0 saturated carbocycles. The van der Waals surface area contributed by atoms with E-state index in [0.717, 1.165) is 37.4 Å². The fraction of sp³-hybridized carbons (Fsp3) is 0.267. The zero-order valence-corrected chi connectivity index (χ0v) is 22.8. The van der Waals surface area contributed by atoms with Gasteiger partial charge in [-0.3, -0.25) is 14.7 Å². The zero-order chi connectivity index (χ0) is 28.2. The van der Waals surface area contributed by atoms with Crippen LogP contribution >= 0.6 is 0 Å². The topological polar surface area (TPSA) is 114 Å². The van der Waals surface area contributed by atoms with Crippen LogP contribution < -0.4 is 4.90 Å². The molecular formula is C30H32N6O4. The predicted octanol–water partition coefficient (Wildman–Crippen LogP) is 3.43. The number of likely N-dealkylation sites (N-methyl/N-ethyl adjacent to an activating group) is 2. The highest BCUT2D eigenvalue weighted by atomic mass is 16.5. The molecule has 2 N–H and O–H groups in total. The standard InChI is InChI=1S/C30H32N6O4/c1-34-13-15-36(16-14-34)19-25(37)35(2)23-11-9-22(10-12-23)32-27(20-7-5-4-6-8-20)26-28-24(33-29(26)38)17-21(18-31-28)30(39)40-3/h4-12,17-18,33,38H,13-16,19H2,1-3H3. The molecule has 1 fully saturated rings. The van der Waals surface area contributed by atoms with Crippen LogP contribution in [0.15, 0.2) is 71.9 Å². The number of rotatable bonds is 7. The van der Waals surface area contributed by atoms with E-state index >= 15 is 0 Å². The van der Waals surface area contributed by atoms with Crippen LogP contribution in [0.4, 0.5) is 11.4 Å². The molecule has 4 aromatic rings. The first-order valence-corrected chi connectivity index (χ1v) is 13.0. The number of aromatic nitrogens is 2. The van der Waals surface area contributed by atoms with Gasteiger partial charge in [-0.05, 0) is 37.4 Å². The number of esters is 1. The van der Waals surface area contributed by atoms with Crippen LogP contribution in [-0.4, -0.2) is 96.4 Å². The molecule has 0 aliphatic carbocycles. The number of ether oxygens (including phenoxy) is 1. The van der Waals surface area contributed by atoms with Gasteiger partial charge in [0.1, 0.15) is 5.52 Å². The van der Waals surface area contributed by atoms with Gasteiger partial charge in [0, 0.05) is 50.7 Å². The number of benzene rings is 2. The average molecular weight is 541 g/mol. The molecule has 0 spiro atoms. The lowest BCUT2D eigenvalue weighted by molar-refractivity contribution is -0.119. The maximum Gasteiger partial charge on any atom is 0.339 e. The fourth-order valence-electron chi connectivity index (χ4n) is 4.70. The summed E-state index contributed by atoms with van der Waals surface area (Å²) in [5.74, 6) is -0.598. The summed E-state index contributed by atoms with van der Waals surface area (Å²) < 4.78 is 4.79. The van der Waals surface area contributed by atoms with Gasteiger partial charge in [-0.2, -0.15) is 0 Å². The highest BCUT2D eigenvalue weighted by molar-refractivity contribution is 6.21. The van der Waals surface area contributed by atoms with Crippen LogP contribution in [0.25, 0.3) is 11.0 Å². The quantitative estimate of drug-likeness (QED) is 0.273. The van der Waals surface area contributed by atoms with Crippen molar-refractivity contribution in [3.8, 4) is 5.88 Å². The maximum absolute atomic E-state index is 12.9. The van der Waals surface area contributed by atoms with Crippen LogP contribution in [0.2, 0.25) is 0 Å². The van der Waals surface area contributed by atoms with E-state index in [1.165, 1.54) is 13.3 Å². The molecular weight excluding hydrogens is 508 g/mol. The van der Waals surface area contributed by atoms with Gasteiger partial charge in [-0.1, -0.05) is 30.3 Å².